The Morgan fingerprint density at radius 3 is 2.75 bits per heavy atom. The zero-order valence-corrected chi connectivity index (χ0v) is 8.51. The molecule has 2 nitrogen and oxygen atoms in total. The molecule has 0 bridgehead atoms. The van der Waals surface area contributed by atoms with Gasteiger partial charge in [0, 0.05) is 10.5 Å². The molecule has 3 N–H and O–H groups in total. The Morgan fingerprint density at radius 2 is 2.25 bits per heavy atom. The number of hydrogen-bond acceptors (Lipinski definition) is 2. The van der Waals surface area contributed by atoms with E-state index in [2.05, 4.69) is 15.9 Å². The van der Waals surface area contributed by atoms with E-state index in [0.29, 0.717) is 0 Å². The molecule has 1 atom stereocenters. The molecule has 0 spiro atoms. The van der Waals surface area contributed by atoms with Crippen molar-refractivity contribution < 1.29 is 5.11 Å². The number of hydrogen-bond donors (Lipinski definition) is 2. The molecular formula is C9H12BrNO. The van der Waals surface area contributed by atoms with E-state index in [9.17, 15) is 0 Å². The van der Waals surface area contributed by atoms with E-state index in [-0.39, 0.29) is 11.8 Å². The SMILES string of the molecule is C[C@@H](N)Cc1ccc(O)cc1Br. The third-order valence-corrected chi connectivity index (χ3v) is 2.32. The van der Waals surface area contributed by atoms with Crippen LogP contribution < -0.4 is 5.73 Å². The van der Waals surface area contributed by atoms with E-state index in [1.165, 1.54) is 0 Å². The van der Waals surface area contributed by atoms with Gasteiger partial charge in [-0.1, -0.05) is 22.0 Å². The molecular weight excluding hydrogens is 218 g/mol. The summed E-state index contributed by atoms with van der Waals surface area (Å²) in [5, 5.41) is 9.11. The second-order valence-corrected chi connectivity index (χ2v) is 3.81. The van der Waals surface area contributed by atoms with Crippen LogP contribution in [0, 0.1) is 0 Å². The van der Waals surface area contributed by atoms with Crippen molar-refractivity contribution in [3.63, 3.8) is 0 Å². The number of benzene rings is 1. The van der Waals surface area contributed by atoms with Gasteiger partial charge in [-0.3, -0.25) is 0 Å². The Kier molecular flexibility index (Phi) is 3.12. The van der Waals surface area contributed by atoms with Crippen LogP contribution in [-0.2, 0) is 6.42 Å². The van der Waals surface area contributed by atoms with Crippen molar-refractivity contribution in [2.45, 2.75) is 19.4 Å². The predicted octanol–water partition coefficient (Wildman–Crippen LogP) is 2.04. The van der Waals surface area contributed by atoms with Crippen molar-refractivity contribution >= 4 is 15.9 Å². The number of nitrogens with two attached hydrogens (primary N) is 1. The zero-order chi connectivity index (χ0) is 9.14. The Bertz CT molecular complexity index is 273. The summed E-state index contributed by atoms with van der Waals surface area (Å²) in [6, 6.07) is 5.37. The predicted molar refractivity (Wildman–Crippen MR) is 53.2 cm³/mol. The van der Waals surface area contributed by atoms with E-state index in [0.717, 1.165) is 16.5 Å². The molecule has 0 saturated carbocycles. The van der Waals surface area contributed by atoms with Gasteiger partial charge in [-0.05, 0) is 31.0 Å². The van der Waals surface area contributed by atoms with Crippen molar-refractivity contribution in [2.24, 2.45) is 5.73 Å². The Balaban J connectivity index is 2.86. The maximum Gasteiger partial charge on any atom is 0.116 e. The van der Waals surface area contributed by atoms with Gasteiger partial charge < -0.3 is 10.8 Å². The summed E-state index contributed by atoms with van der Waals surface area (Å²) in [5.41, 5.74) is 6.78. The van der Waals surface area contributed by atoms with Crippen molar-refractivity contribution in [1.29, 1.82) is 0 Å². The van der Waals surface area contributed by atoms with Crippen LogP contribution in [0.25, 0.3) is 0 Å². The summed E-state index contributed by atoms with van der Waals surface area (Å²) in [6.07, 6.45) is 0.820. The fourth-order valence-electron chi connectivity index (χ4n) is 1.05. The fraction of sp³-hybridized carbons (Fsp3) is 0.333. The summed E-state index contributed by atoms with van der Waals surface area (Å²) < 4.78 is 0.916. The molecule has 66 valence electrons. The second kappa shape index (κ2) is 3.92. The molecule has 3 heteroatoms. The van der Waals surface area contributed by atoms with Crippen LogP contribution in [0.2, 0.25) is 0 Å². The largest absolute Gasteiger partial charge is 0.508 e. The first-order valence-corrected chi connectivity index (χ1v) is 4.62. The molecule has 0 amide bonds. The van der Waals surface area contributed by atoms with Gasteiger partial charge in [-0.25, -0.2) is 0 Å². The minimum absolute atomic E-state index is 0.144. The number of halogens is 1. The van der Waals surface area contributed by atoms with Gasteiger partial charge in [-0.15, -0.1) is 0 Å². The molecule has 12 heavy (non-hydrogen) atoms. The maximum absolute atomic E-state index is 9.11. The fourth-order valence-corrected chi connectivity index (χ4v) is 1.58. The van der Waals surface area contributed by atoms with Crippen molar-refractivity contribution in [3.8, 4) is 5.75 Å². The van der Waals surface area contributed by atoms with Crippen molar-refractivity contribution in [3.05, 3.63) is 28.2 Å². The minimum Gasteiger partial charge on any atom is -0.508 e. The second-order valence-electron chi connectivity index (χ2n) is 2.96. The Labute approximate surface area is 80.5 Å². The normalized spacial score (nSPS) is 12.9. The highest BCUT2D eigenvalue weighted by molar-refractivity contribution is 9.10. The minimum atomic E-state index is 0.144. The summed E-state index contributed by atoms with van der Waals surface area (Å²) in [7, 11) is 0. The van der Waals surface area contributed by atoms with Crippen LogP contribution in [-0.4, -0.2) is 11.1 Å². The van der Waals surface area contributed by atoms with E-state index in [1.807, 2.05) is 13.0 Å². The summed E-state index contributed by atoms with van der Waals surface area (Å²) >= 11 is 3.36. The molecule has 0 aliphatic heterocycles. The average Bonchev–Trinajstić information content (AvgIpc) is 1.94. The van der Waals surface area contributed by atoms with Gasteiger partial charge in [0.15, 0.2) is 0 Å². The molecule has 0 radical (unpaired) electrons. The first-order valence-electron chi connectivity index (χ1n) is 3.82. The summed E-state index contributed by atoms with van der Waals surface area (Å²) in [4.78, 5) is 0. The molecule has 0 fully saturated rings. The topological polar surface area (TPSA) is 46.2 Å². The first kappa shape index (κ1) is 9.55. The van der Waals surface area contributed by atoms with E-state index in [1.54, 1.807) is 12.1 Å². The van der Waals surface area contributed by atoms with Gasteiger partial charge in [-0.2, -0.15) is 0 Å². The first-order chi connectivity index (χ1) is 5.59. The quantitative estimate of drug-likeness (QED) is 0.816. The van der Waals surface area contributed by atoms with Gasteiger partial charge in [0.2, 0.25) is 0 Å². The molecule has 0 saturated heterocycles. The van der Waals surface area contributed by atoms with Gasteiger partial charge in [0.05, 0.1) is 0 Å². The molecule has 1 rings (SSSR count). The highest BCUT2D eigenvalue weighted by Crippen LogP contribution is 2.22. The van der Waals surface area contributed by atoms with Gasteiger partial charge in [0.1, 0.15) is 5.75 Å². The molecule has 0 aliphatic rings. The summed E-state index contributed by atoms with van der Waals surface area (Å²) in [5.74, 6) is 0.273. The molecule has 1 aromatic rings. The lowest BCUT2D eigenvalue weighted by Gasteiger charge is -2.07. The van der Waals surface area contributed by atoms with E-state index < -0.39 is 0 Å². The third kappa shape index (κ3) is 2.50. The van der Waals surface area contributed by atoms with Crippen LogP contribution >= 0.6 is 15.9 Å². The number of phenolic OH excluding ortho intramolecular Hbond substituents is 1. The zero-order valence-electron chi connectivity index (χ0n) is 6.92. The monoisotopic (exact) mass is 229 g/mol. The third-order valence-electron chi connectivity index (χ3n) is 1.58. The van der Waals surface area contributed by atoms with E-state index in [4.69, 9.17) is 10.8 Å². The van der Waals surface area contributed by atoms with Crippen LogP contribution in [0.5, 0.6) is 5.75 Å². The van der Waals surface area contributed by atoms with Gasteiger partial charge >= 0.3 is 0 Å². The standard InChI is InChI=1S/C9H12BrNO/c1-6(11)4-7-2-3-8(12)5-9(7)10/h2-3,5-6,12H,4,11H2,1H3/t6-/m1/s1. The Morgan fingerprint density at radius 1 is 1.58 bits per heavy atom. The highest BCUT2D eigenvalue weighted by atomic mass is 79.9. The molecule has 0 aliphatic carbocycles. The molecule has 0 aromatic heterocycles. The molecule has 0 unspecified atom stereocenters. The van der Waals surface area contributed by atoms with Crippen molar-refractivity contribution in [2.75, 3.05) is 0 Å². The average molecular weight is 230 g/mol. The lowest BCUT2D eigenvalue weighted by molar-refractivity contribution is 0.474. The number of phenols is 1. The van der Waals surface area contributed by atoms with Crippen LogP contribution in [0.4, 0.5) is 0 Å². The smallest absolute Gasteiger partial charge is 0.116 e. The maximum atomic E-state index is 9.11. The van der Waals surface area contributed by atoms with E-state index >= 15 is 0 Å². The molecule has 0 heterocycles. The van der Waals surface area contributed by atoms with Crippen LogP contribution in [0.15, 0.2) is 22.7 Å². The van der Waals surface area contributed by atoms with Crippen molar-refractivity contribution in [1.82, 2.24) is 0 Å². The lowest BCUT2D eigenvalue weighted by Crippen LogP contribution is -2.17. The number of rotatable bonds is 2. The lowest BCUT2D eigenvalue weighted by atomic mass is 10.1. The molecule has 1 aromatic carbocycles. The Hall–Kier alpha value is -0.540. The number of aromatic hydroxyl groups is 1. The van der Waals surface area contributed by atoms with Crippen LogP contribution in [0.1, 0.15) is 12.5 Å². The van der Waals surface area contributed by atoms with Crippen LogP contribution in [0.3, 0.4) is 0 Å². The highest BCUT2D eigenvalue weighted by Gasteiger charge is 2.02. The van der Waals surface area contributed by atoms with Gasteiger partial charge in [0.25, 0.3) is 0 Å². The summed E-state index contributed by atoms with van der Waals surface area (Å²) in [6.45, 7) is 1.96.